The number of nitrogens with zero attached hydrogens (tertiary/aromatic N) is 1. The van der Waals surface area contributed by atoms with Crippen molar-refractivity contribution in [3.05, 3.63) is 83.4 Å². The lowest BCUT2D eigenvalue weighted by Gasteiger charge is -2.28. The first-order chi connectivity index (χ1) is 20.7. The average molecular weight is 589 g/mol. The van der Waals surface area contributed by atoms with Gasteiger partial charge in [-0.3, -0.25) is 14.4 Å². The number of carbonyl (C=O) groups excluding carboxylic acids is 3. The number of carboxylic acids is 1. The van der Waals surface area contributed by atoms with Gasteiger partial charge in [0.15, 0.2) is 0 Å². The molecule has 0 spiro atoms. The van der Waals surface area contributed by atoms with Crippen LogP contribution in [0.2, 0.25) is 0 Å². The lowest BCUT2D eigenvalue weighted by molar-refractivity contribution is -0.138. The third-order valence-corrected chi connectivity index (χ3v) is 7.14. The van der Waals surface area contributed by atoms with Crippen molar-refractivity contribution in [3.8, 4) is 5.75 Å². The molecule has 226 valence electrons. The van der Waals surface area contributed by atoms with Crippen LogP contribution in [-0.2, 0) is 25.5 Å². The summed E-state index contributed by atoms with van der Waals surface area (Å²) in [5.41, 5.74) is 4.01. The van der Waals surface area contributed by atoms with E-state index in [1.807, 2.05) is 31.2 Å². The Hall–Kier alpha value is -4.90. The van der Waals surface area contributed by atoms with E-state index < -0.39 is 17.9 Å². The highest BCUT2D eigenvalue weighted by Crippen LogP contribution is 2.28. The van der Waals surface area contributed by atoms with Crippen LogP contribution in [0.25, 0.3) is 0 Å². The minimum atomic E-state index is -0.985. The van der Waals surface area contributed by atoms with Gasteiger partial charge in [0.2, 0.25) is 11.8 Å². The van der Waals surface area contributed by atoms with Crippen molar-refractivity contribution >= 4 is 40.9 Å². The summed E-state index contributed by atoms with van der Waals surface area (Å²) in [6.45, 7) is 3.85. The molecule has 4 amide bonds. The fourth-order valence-electron chi connectivity index (χ4n) is 4.84. The maximum Gasteiger partial charge on any atom is 0.323 e. The lowest BCUT2D eigenvalue weighted by Crippen LogP contribution is -2.41. The number of aliphatic carboxylic acids is 1. The lowest BCUT2D eigenvalue weighted by atomic mass is 9.91. The van der Waals surface area contributed by atoms with Gasteiger partial charge in [0.25, 0.3) is 0 Å². The minimum absolute atomic E-state index is 0.0590. The number of hydrogen-bond acceptors (Lipinski definition) is 6. The standard InChI is InChI=1S/C32H36N4O7/c1-21-5-3-4-6-26(21)34-32(41)35-27-12-7-22(17-28(27)42-2)18-29(37)33-25-10-8-23(9-11-25)24(20-31(39)40)19-30(38)36-13-15-43-16-14-36/h3-12,17,24H,13-16,18-20H2,1-2H3,(H,33,37)(H,39,40)(H2,34,35,41). The van der Waals surface area contributed by atoms with Gasteiger partial charge in [0.05, 0.1) is 38.9 Å². The number of amides is 4. The number of anilines is 3. The molecule has 1 aliphatic rings. The number of hydrogen-bond donors (Lipinski definition) is 4. The summed E-state index contributed by atoms with van der Waals surface area (Å²) in [6, 6.07) is 19.0. The fraction of sp³-hybridized carbons (Fsp3) is 0.312. The van der Waals surface area contributed by atoms with E-state index in [9.17, 15) is 24.3 Å². The molecule has 0 aliphatic carbocycles. The summed E-state index contributed by atoms with van der Waals surface area (Å²) in [4.78, 5) is 51.3. The van der Waals surface area contributed by atoms with Crippen molar-refractivity contribution < 1.29 is 33.8 Å². The minimum Gasteiger partial charge on any atom is -0.495 e. The molecule has 1 heterocycles. The molecule has 43 heavy (non-hydrogen) atoms. The van der Waals surface area contributed by atoms with Crippen LogP contribution in [0.4, 0.5) is 21.9 Å². The Morgan fingerprint density at radius 1 is 0.907 bits per heavy atom. The van der Waals surface area contributed by atoms with E-state index in [0.717, 1.165) is 5.56 Å². The second kappa shape index (κ2) is 14.8. The molecule has 3 aromatic rings. The Bertz CT molecular complexity index is 1450. The van der Waals surface area contributed by atoms with Crippen molar-refractivity contribution in [2.75, 3.05) is 49.4 Å². The normalized spacial score (nSPS) is 13.5. The zero-order valence-corrected chi connectivity index (χ0v) is 24.2. The molecule has 0 bridgehead atoms. The number of urea groups is 1. The van der Waals surface area contributed by atoms with Crippen LogP contribution < -0.4 is 20.7 Å². The van der Waals surface area contributed by atoms with Crippen molar-refractivity contribution in [1.29, 1.82) is 0 Å². The van der Waals surface area contributed by atoms with Gasteiger partial charge in [-0.1, -0.05) is 36.4 Å². The molecule has 1 atom stereocenters. The third kappa shape index (κ3) is 9.04. The SMILES string of the molecule is COc1cc(CC(=O)Nc2ccc(C(CC(=O)O)CC(=O)N3CCOCC3)cc2)ccc1NC(=O)Nc1ccccc1C. The molecule has 1 aliphatic heterocycles. The molecule has 11 heteroatoms. The second-order valence-corrected chi connectivity index (χ2v) is 10.3. The number of methoxy groups -OCH3 is 1. The van der Waals surface area contributed by atoms with Crippen LogP contribution in [0.1, 0.15) is 35.4 Å². The molecule has 4 rings (SSSR count). The zero-order valence-electron chi connectivity index (χ0n) is 24.2. The van der Waals surface area contributed by atoms with E-state index in [4.69, 9.17) is 9.47 Å². The number of nitrogens with one attached hydrogen (secondary N) is 3. The highest BCUT2D eigenvalue weighted by Gasteiger charge is 2.24. The number of benzene rings is 3. The summed E-state index contributed by atoms with van der Waals surface area (Å²) < 4.78 is 10.7. The number of aryl methyl sites for hydroxylation is 1. The van der Waals surface area contributed by atoms with Crippen LogP contribution >= 0.6 is 0 Å². The predicted molar refractivity (Wildman–Crippen MR) is 163 cm³/mol. The van der Waals surface area contributed by atoms with Crippen molar-refractivity contribution in [3.63, 3.8) is 0 Å². The number of morpholine rings is 1. The Morgan fingerprint density at radius 3 is 2.28 bits per heavy atom. The summed E-state index contributed by atoms with van der Waals surface area (Å²) in [5, 5.41) is 17.8. The molecule has 1 fully saturated rings. The van der Waals surface area contributed by atoms with Crippen LogP contribution in [0.15, 0.2) is 66.7 Å². The molecule has 0 saturated carbocycles. The Balaban J connectivity index is 1.34. The highest BCUT2D eigenvalue weighted by atomic mass is 16.5. The monoisotopic (exact) mass is 588 g/mol. The Kier molecular flexibility index (Phi) is 10.7. The van der Waals surface area contributed by atoms with Gasteiger partial charge in [-0.25, -0.2) is 4.79 Å². The number of carbonyl (C=O) groups is 4. The molecular formula is C32H36N4O7. The third-order valence-electron chi connectivity index (χ3n) is 7.14. The van der Waals surface area contributed by atoms with Gasteiger partial charge < -0.3 is 35.4 Å². The van der Waals surface area contributed by atoms with Gasteiger partial charge in [-0.05, 0) is 53.9 Å². The number of rotatable bonds is 11. The number of para-hydroxylation sites is 1. The van der Waals surface area contributed by atoms with Gasteiger partial charge in [0, 0.05) is 36.8 Å². The summed E-state index contributed by atoms with van der Waals surface area (Å²) in [6.07, 6.45) is -0.0379. The topological polar surface area (TPSA) is 146 Å². The first kappa shape index (κ1) is 31.0. The molecule has 0 aromatic heterocycles. The fourth-order valence-corrected chi connectivity index (χ4v) is 4.84. The highest BCUT2D eigenvalue weighted by molar-refractivity contribution is 6.01. The van der Waals surface area contributed by atoms with Crippen molar-refractivity contribution in [1.82, 2.24) is 4.90 Å². The molecule has 1 unspecified atom stereocenters. The van der Waals surface area contributed by atoms with E-state index in [1.165, 1.54) is 7.11 Å². The van der Waals surface area contributed by atoms with Crippen molar-refractivity contribution in [2.45, 2.75) is 32.1 Å². The molecule has 1 saturated heterocycles. The number of ether oxygens (including phenoxy) is 2. The van der Waals surface area contributed by atoms with Crippen LogP contribution in [0.5, 0.6) is 5.75 Å². The molecule has 3 aromatic carbocycles. The van der Waals surface area contributed by atoms with E-state index in [-0.39, 0.29) is 31.1 Å². The number of carboxylic acid groups (broad SMARTS) is 1. The largest absolute Gasteiger partial charge is 0.495 e. The average Bonchev–Trinajstić information content (AvgIpc) is 2.99. The molecule has 11 nitrogen and oxygen atoms in total. The van der Waals surface area contributed by atoms with E-state index in [1.54, 1.807) is 47.4 Å². The first-order valence-electron chi connectivity index (χ1n) is 14.0. The molecule has 0 radical (unpaired) electrons. The van der Waals surface area contributed by atoms with E-state index >= 15 is 0 Å². The van der Waals surface area contributed by atoms with Gasteiger partial charge in [0.1, 0.15) is 5.75 Å². The predicted octanol–water partition coefficient (Wildman–Crippen LogP) is 4.64. The summed E-state index contributed by atoms with van der Waals surface area (Å²) in [7, 11) is 1.48. The molecular weight excluding hydrogens is 552 g/mol. The first-order valence-corrected chi connectivity index (χ1v) is 14.0. The van der Waals surface area contributed by atoms with E-state index in [0.29, 0.717) is 60.2 Å². The van der Waals surface area contributed by atoms with E-state index in [2.05, 4.69) is 16.0 Å². The van der Waals surface area contributed by atoms with Gasteiger partial charge in [-0.2, -0.15) is 0 Å². The maximum absolute atomic E-state index is 12.8. The quantitative estimate of drug-likeness (QED) is 0.255. The Labute approximate surface area is 250 Å². The van der Waals surface area contributed by atoms with Gasteiger partial charge >= 0.3 is 12.0 Å². The van der Waals surface area contributed by atoms with Crippen molar-refractivity contribution in [2.24, 2.45) is 0 Å². The zero-order chi connectivity index (χ0) is 30.8. The van der Waals surface area contributed by atoms with Gasteiger partial charge in [-0.15, -0.1) is 0 Å². The van der Waals surface area contributed by atoms with Crippen LogP contribution in [0, 0.1) is 6.92 Å². The van der Waals surface area contributed by atoms with Crippen LogP contribution in [0.3, 0.4) is 0 Å². The Morgan fingerprint density at radius 2 is 1.60 bits per heavy atom. The summed E-state index contributed by atoms with van der Waals surface area (Å²) in [5.74, 6) is -1.43. The molecule has 4 N–H and O–H groups in total. The van der Waals surface area contributed by atoms with Crippen LogP contribution in [-0.4, -0.2) is 67.2 Å². The maximum atomic E-state index is 12.8. The second-order valence-electron chi connectivity index (χ2n) is 10.3. The smallest absolute Gasteiger partial charge is 0.323 e. The summed E-state index contributed by atoms with van der Waals surface area (Å²) >= 11 is 0.